The summed E-state index contributed by atoms with van der Waals surface area (Å²) in [5.41, 5.74) is -0.195. The number of ether oxygens (including phenoxy) is 1. The van der Waals surface area contributed by atoms with E-state index >= 15 is 0 Å². The Bertz CT molecular complexity index is 278. The maximum atomic E-state index is 5.59. The van der Waals surface area contributed by atoms with E-state index in [9.17, 15) is 0 Å². The van der Waals surface area contributed by atoms with Crippen molar-refractivity contribution in [2.45, 2.75) is 26.4 Å². The molecule has 3 heteroatoms. The van der Waals surface area contributed by atoms with E-state index in [0.29, 0.717) is 5.88 Å². The molecule has 0 unspecified atom stereocenters. The van der Waals surface area contributed by atoms with Crippen molar-refractivity contribution in [2.24, 2.45) is 0 Å². The van der Waals surface area contributed by atoms with Crippen molar-refractivity contribution in [3.8, 4) is 5.88 Å². The third-order valence-corrected chi connectivity index (χ3v) is 1.39. The van der Waals surface area contributed by atoms with Gasteiger partial charge < -0.3 is 10.1 Å². The fraction of sp³-hybridized carbons (Fsp3) is 0.500. The lowest BCUT2D eigenvalue weighted by Gasteiger charge is -2.20. The molecule has 0 fully saturated rings. The first kappa shape index (κ1) is 9.84. The van der Waals surface area contributed by atoms with E-state index in [1.165, 1.54) is 0 Å². The van der Waals surface area contributed by atoms with Crippen molar-refractivity contribution in [1.29, 1.82) is 0 Å². The molecule has 0 radical (unpaired) electrons. The average Bonchev–Trinajstić information content (AvgIpc) is 2.01. The van der Waals surface area contributed by atoms with E-state index < -0.39 is 0 Å². The highest BCUT2D eigenvalue weighted by molar-refractivity contribution is 5.36. The molecule has 0 aliphatic carbocycles. The molecule has 0 amide bonds. The van der Waals surface area contributed by atoms with Crippen LogP contribution < -0.4 is 10.1 Å². The summed E-state index contributed by atoms with van der Waals surface area (Å²) in [5, 5.41) is 2.96. The summed E-state index contributed by atoms with van der Waals surface area (Å²) in [6.45, 7) is 6.00. The van der Waals surface area contributed by atoms with Crippen LogP contribution in [0.2, 0.25) is 0 Å². The quantitative estimate of drug-likeness (QED) is 0.758. The molecule has 1 heterocycles. The second-order valence-electron chi connectivity index (χ2n) is 3.83. The van der Waals surface area contributed by atoms with Crippen molar-refractivity contribution in [3.05, 3.63) is 18.2 Å². The van der Waals surface area contributed by atoms with Gasteiger partial charge >= 0.3 is 0 Å². The van der Waals surface area contributed by atoms with Crippen LogP contribution in [0.4, 0.5) is 5.82 Å². The zero-order valence-electron chi connectivity index (χ0n) is 8.59. The van der Waals surface area contributed by atoms with Crippen LogP contribution in [0.5, 0.6) is 5.88 Å². The summed E-state index contributed by atoms with van der Waals surface area (Å²) in [4.78, 5) is 4.24. The number of nitrogens with one attached hydrogen (secondary N) is 1. The van der Waals surface area contributed by atoms with E-state index in [-0.39, 0.29) is 5.60 Å². The van der Waals surface area contributed by atoms with Crippen LogP contribution in [0.1, 0.15) is 20.8 Å². The summed E-state index contributed by atoms with van der Waals surface area (Å²) < 4.78 is 5.59. The highest BCUT2D eigenvalue weighted by atomic mass is 16.5. The van der Waals surface area contributed by atoms with E-state index in [4.69, 9.17) is 4.74 Å². The van der Waals surface area contributed by atoms with Gasteiger partial charge in [0.05, 0.1) is 0 Å². The molecule has 1 aromatic heterocycles. The topological polar surface area (TPSA) is 34.1 Å². The minimum absolute atomic E-state index is 0.195. The molecule has 3 nitrogen and oxygen atoms in total. The molecule has 13 heavy (non-hydrogen) atoms. The number of anilines is 1. The van der Waals surface area contributed by atoms with E-state index in [1.807, 2.05) is 46.0 Å². The molecule has 1 rings (SSSR count). The van der Waals surface area contributed by atoms with Gasteiger partial charge in [-0.2, -0.15) is 4.98 Å². The van der Waals surface area contributed by atoms with Crippen LogP contribution in [0.25, 0.3) is 0 Å². The first-order chi connectivity index (χ1) is 6.01. The summed E-state index contributed by atoms with van der Waals surface area (Å²) >= 11 is 0. The van der Waals surface area contributed by atoms with E-state index in [1.54, 1.807) is 0 Å². The summed E-state index contributed by atoms with van der Waals surface area (Å²) in [6, 6.07) is 5.67. The Morgan fingerprint density at radius 1 is 1.31 bits per heavy atom. The fourth-order valence-electron chi connectivity index (χ4n) is 0.925. The zero-order valence-corrected chi connectivity index (χ0v) is 8.59. The minimum Gasteiger partial charge on any atom is -0.472 e. The Morgan fingerprint density at radius 2 is 2.00 bits per heavy atom. The number of nitrogens with zero attached hydrogens (tertiary/aromatic N) is 1. The smallest absolute Gasteiger partial charge is 0.215 e. The van der Waals surface area contributed by atoms with Crippen LogP contribution in [-0.4, -0.2) is 17.6 Å². The molecule has 0 atom stereocenters. The van der Waals surface area contributed by atoms with Gasteiger partial charge in [0.2, 0.25) is 5.88 Å². The SMILES string of the molecule is CNc1cccc(OC(C)(C)C)n1. The largest absolute Gasteiger partial charge is 0.472 e. The van der Waals surface area contributed by atoms with E-state index in [0.717, 1.165) is 5.82 Å². The predicted molar refractivity (Wildman–Crippen MR) is 54.2 cm³/mol. The standard InChI is InChI=1S/C10H16N2O/c1-10(2,3)13-9-7-5-6-8(11-4)12-9/h5-7H,1-4H3,(H,11,12). The van der Waals surface area contributed by atoms with Crippen molar-refractivity contribution in [3.63, 3.8) is 0 Å². The first-order valence-electron chi connectivity index (χ1n) is 4.35. The Hall–Kier alpha value is -1.25. The summed E-state index contributed by atoms with van der Waals surface area (Å²) in [6.07, 6.45) is 0. The van der Waals surface area contributed by atoms with Crippen molar-refractivity contribution < 1.29 is 4.74 Å². The average molecular weight is 180 g/mol. The third kappa shape index (κ3) is 3.32. The lowest BCUT2D eigenvalue weighted by molar-refractivity contribution is 0.124. The Labute approximate surface area is 79.1 Å². The maximum Gasteiger partial charge on any atom is 0.215 e. The molecule has 0 bridgehead atoms. The van der Waals surface area contributed by atoms with Crippen LogP contribution in [0.15, 0.2) is 18.2 Å². The molecule has 0 aromatic carbocycles. The number of hydrogen-bond donors (Lipinski definition) is 1. The molecule has 72 valence electrons. The first-order valence-corrected chi connectivity index (χ1v) is 4.35. The van der Waals surface area contributed by atoms with Crippen molar-refractivity contribution in [2.75, 3.05) is 12.4 Å². The van der Waals surface area contributed by atoms with Crippen molar-refractivity contribution >= 4 is 5.82 Å². The Kier molecular flexibility index (Phi) is 2.76. The second-order valence-corrected chi connectivity index (χ2v) is 3.83. The van der Waals surface area contributed by atoms with Crippen molar-refractivity contribution in [1.82, 2.24) is 4.98 Å². The highest BCUT2D eigenvalue weighted by Crippen LogP contribution is 2.16. The lowest BCUT2D eigenvalue weighted by atomic mass is 10.2. The molecule has 0 saturated heterocycles. The predicted octanol–water partition coefficient (Wildman–Crippen LogP) is 2.30. The van der Waals surface area contributed by atoms with Crippen LogP contribution in [0, 0.1) is 0 Å². The van der Waals surface area contributed by atoms with Gasteiger partial charge in [-0.15, -0.1) is 0 Å². The third-order valence-electron chi connectivity index (χ3n) is 1.39. The lowest BCUT2D eigenvalue weighted by Crippen LogP contribution is -2.23. The summed E-state index contributed by atoms with van der Waals surface area (Å²) in [7, 11) is 1.84. The van der Waals surface area contributed by atoms with Gasteiger partial charge in [-0.3, -0.25) is 0 Å². The molecular formula is C10H16N2O. The van der Waals surface area contributed by atoms with Crippen LogP contribution >= 0.6 is 0 Å². The second kappa shape index (κ2) is 3.64. The van der Waals surface area contributed by atoms with Gasteiger partial charge in [-0.05, 0) is 26.8 Å². The molecule has 1 N–H and O–H groups in total. The van der Waals surface area contributed by atoms with Gasteiger partial charge in [0.15, 0.2) is 0 Å². The number of aromatic nitrogens is 1. The van der Waals surface area contributed by atoms with Crippen LogP contribution in [-0.2, 0) is 0 Å². The zero-order chi connectivity index (χ0) is 9.90. The van der Waals surface area contributed by atoms with Crippen LogP contribution in [0.3, 0.4) is 0 Å². The van der Waals surface area contributed by atoms with Gasteiger partial charge in [-0.25, -0.2) is 0 Å². The molecule has 0 aliphatic rings. The minimum atomic E-state index is -0.195. The van der Waals surface area contributed by atoms with Gasteiger partial charge in [0, 0.05) is 13.1 Å². The van der Waals surface area contributed by atoms with Gasteiger partial charge in [-0.1, -0.05) is 6.07 Å². The number of rotatable bonds is 2. The molecule has 0 aliphatic heterocycles. The number of pyridine rings is 1. The van der Waals surface area contributed by atoms with Gasteiger partial charge in [0.1, 0.15) is 11.4 Å². The maximum absolute atomic E-state index is 5.59. The Balaban J connectivity index is 2.78. The molecular weight excluding hydrogens is 164 g/mol. The molecule has 1 aromatic rings. The van der Waals surface area contributed by atoms with Gasteiger partial charge in [0.25, 0.3) is 0 Å². The molecule has 0 spiro atoms. The highest BCUT2D eigenvalue weighted by Gasteiger charge is 2.12. The van der Waals surface area contributed by atoms with E-state index in [2.05, 4.69) is 10.3 Å². The normalized spacial score (nSPS) is 11.1. The molecule has 0 saturated carbocycles. The fourth-order valence-corrected chi connectivity index (χ4v) is 0.925. The monoisotopic (exact) mass is 180 g/mol. The Morgan fingerprint density at radius 3 is 2.54 bits per heavy atom. The summed E-state index contributed by atoms with van der Waals surface area (Å²) in [5.74, 6) is 1.47. The number of hydrogen-bond acceptors (Lipinski definition) is 3.